The number of amides is 1. The molecule has 0 saturated carbocycles. The summed E-state index contributed by atoms with van der Waals surface area (Å²) in [4.78, 5) is 33.1. The molecule has 0 aliphatic carbocycles. The van der Waals surface area contributed by atoms with Gasteiger partial charge in [0.2, 0.25) is 0 Å². The maximum atomic E-state index is 12.5. The number of rotatable bonds is 9. The SMILES string of the molecule is CCCC(=NC(CC)(CC)C(=O)O)c1ccccc1[N-]C(=O)c1ccccn1.[Ni]. The zero-order valence-electron chi connectivity index (χ0n) is 16.9. The van der Waals surface area contributed by atoms with E-state index in [1.165, 1.54) is 0 Å². The summed E-state index contributed by atoms with van der Waals surface area (Å²) >= 11 is 0. The van der Waals surface area contributed by atoms with Crippen LogP contribution >= 0.6 is 0 Å². The van der Waals surface area contributed by atoms with Crippen molar-refractivity contribution in [3.05, 3.63) is 65.2 Å². The molecule has 6 nitrogen and oxygen atoms in total. The third-order valence-corrected chi connectivity index (χ3v) is 4.72. The smallest absolute Gasteiger partial charge is 0.331 e. The number of carbonyl (C=O) groups excluding carboxylic acids is 1. The maximum Gasteiger partial charge on any atom is 0.331 e. The fourth-order valence-electron chi connectivity index (χ4n) is 2.98. The van der Waals surface area contributed by atoms with Gasteiger partial charge in [-0.3, -0.25) is 9.98 Å². The van der Waals surface area contributed by atoms with E-state index < -0.39 is 17.4 Å². The predicted molar refractivity (Wildman–Crippen MR) is 110 cm³/mol. The summed E-state index contributed by atoms with van der Waals surface area (Å²) < 4.78 is 0. The van der Waals surface area contributed by atoms with E-state index in [-0.39, 0.29) is 22.2 Å². The zero-order chi connectivity index (χ0) is 20.6. The number of nitrogens with zero attached hydrogens (tertiary/aromatic N) is 3. The van der Waals surface area contributed by atoms with Gasteiger partial charge in [-0.15, -0.1) is 5.69 Å². The normalized spacial score (nSPS) is 11.5. The summed E-state index contributed by atoms with van der Waals surface area (Å²) in [6.07, 6.45) is 3.71. The number of hydrogen-bond donors (Lipinski definition) is 1. The van der Waals surface area contributed by atoms with Crippen molar-refractivity contribution in [2.75, 3.05) is 0 Å². The van der Waals surface area contributed by atoms with Gasteiger partial charge in [-0.1, -0.05) is 57.5 Å². The number of aliphatic imine (C=N–C) groups is 1. The second-order valence-electron chi connectivity index (χ2n) is 6.50. The Bertz CT molecular complexity index is 849. The third-order valence-electron chi connectivity index (χ3n) is 4.72. The van der Waals surface area contributed by atoms with Crippen molar-refractivity contribution < 1.29 is 31.2 Å². The molecule has 7 heteroatoms. The second-order valence-corrected chi connectivity index (χ2v) is 6.50. The van der Waals surface area contributed by atoms with E-state index in [1.54, 1.807) is 36.5 Å². The fourth-order valence-corrected chi connectivity index (χ4v) is 2.98. The number of hydrogen-bond acceptors (Lipinski definition) is 4. The third kappa shape index (κ3) is 5.97. The van der Waals surface area contributed by atoms with Gasteiger partial charge < -0.3 is 15.2 Å². The zero-order valence-corrected chi connectivity index (χ0v) is 17.9. The molecule has 0 atom stereocenters. The molecule has 1 heterocycles. The maximum absolute atomic E-state index is 12.5. The molecule has 1 aromatic heterocycles. The van der Waals surface area contributed by atoms with Gasteiger partial charge in [-0.05, 0) is 37.0 Å². The molecule has 0 fully saturated rings. The average Bonchev–Trinajstić information content (AvgIpc) is 2.72. The minimum Gasteiger partial charge on any atom is -0.621 e. The molecule has 0 saturated heterocycles. The van der Waals surface area contributed by atoms with Crippen LogP contribution < -0.4 is 0 Å². The van der Waals surface area contributed by atoms with Gasteiger partial charge in [-0.2, -0.15) is 0 Å². The van der Waals surface area contributed by atoms with Crippen molar-refractivity contribution >= 4 is 23.3 Å². The van der Waals surface area contributed by atoms with E-state index in [1.807, 2.05) is 32.9 Å². The van der Waals surface area contributed by atoms with Crippen molar-refractivity contribution in [1.29, 1.82) is 0 Å². The molecule has 0 unspecified atom stereocenters. The molecule has 0 aliphatic rings. The Kier molecular flexibility index (Phi) is 9.69. The monoisotopic (exact) mass is 438 g/mol. The van der Waals surface area contributed by atoms with Crippen LogP contribution in [0.3, 0.4) is 0 Å². The molecule has 0 spiro atoms. The number of para-hydroxylation sites is 1. The summed E-state index contributed by atoms with van der Waals surface area (Å²) in [6, 6.07) is 12.3. The van der Waals surface area contributed by atoms with E-state index in [9.17, 15) is 14.7 Å². The minimum atomic E-state index is -1.18. The quantitative estimate of drug-likeness (QED) is 0.432. The molecule has 29 heavy (non-hydrogen) atoms. The van der Waals surface area contributed by atoms with Gasteiger partial charge in [0.05, 0.1) is 5.69 Å². The van der Waals surface area contributed by atoms with Crippen molar-refractivity contribution in [3.8, 4) is 0 Å². The first-order valence-electron chi connectivity index (χ1n) is 9.56. The summed E-state index contributed by atoms with van der Waals surface area (Å²) in [6.45, 7) is 5.66. The van der Waals surface area contributed by atoms with Crippen molar-refractivity contribution in [2.24, 2.45) is 4.99 Å². The first kappa shape index (κ1) is 24.5. The van der Waals surface area contributed by atoms with E-state index in [0.29, 0.717) is 36.2 Å². The Hall–Kier alpha value is -2.53. The summed E-state index contributed by atoms with van der Waals surface area (Å²) in [7, 11) is 0. The first-order valence-corrected chi connectivity index (χ1v) is 9.56. The number of carboxylic acid groups (broad SMARTS) is 1. The minimum absolute atomic E-state index is 0. The van der Waals surface area contributed by atoms with Gasteiger partial charge in [0, 0.05) is 28.4 Å². The molecule has 2 aromatic rings. The van der Waals surface area contributed by atoms with Crippen LogP contribution in [0, 0.1) is 0 Å². The van der Waals surface area contributed by atoms with E-state index in [4.69, 9.17) is 0 Å². The molecule has 158 valence electrons. The molecule has 1 amide bonds. The van der Waals surface area contributed by atoms with Crippen molar-refractivity contribution in [1.82, 2.24) is 4.98 Å². The van der Waals surface area contributed by atoms with Crippen LogP contribution in [0.1, 0.15) is 62.5 Å². The Labute approximate surface area is 181 Å². The van der Waals surface area contributed by atoms with Crippen molar-refractivity contribution in [3.63, 3.8) is 0 Å². The Morgan fingerprint density at radius 3 is 2.28 bits per heavy atom. The van der Waals surface area contributed by atoms with Gasteiger partial charge >= 0.3 is 5.97 Å². The van der Waals surface area contributed by atoms with Crippen LogP contribution in [0.15, 0.2) is 53.7 Å². The Morgan fingerprint density at radius 1 is 1.07 bits per heavy atom. The number of carboxylic acids is 1. The van der Waals surface area contributed by atoms with Crippen molar-refractivity contribution in [2.45, 2.75) is 52.0 Å². The Morgan fingerprint density at radius 2 is 1.72 bits per heavy atom. The molecule has 0 radical (unpaired) electrons. The molecular weight excluding hydrogens is 413 g/mol. The summed E-state index contributed by atoms with van der Waals surface area (Å²) in [5.41, 5.74) is 0.885. The number of aliphatic carboxylic acids is 1. The van der Waals surface area contributed by atoms with E-state index >= 15 is 0 Å². The fraction of sp³-hybridized carbons (Fsp3) is 0.364. The number of benzene rings is 1. The number of carbonyl (C=O) groups is 2. The number of aromatic nitrogens is 1. The largest absolute Gasteiger partial charge is 0.621 e. The van der Waals surface area contributed by atoms with Gasteiger partial charge in [0.15, 0.2) is 5.54 Å². The summed E-state index contributed by atoms with van der Waals surface area (Å²) in [5, 5.41) is 14.0. The van der Waals surface area contributed by atoms with Crippen LogP contribution in [-0.4, -0.2) is 33.2 Å². The molecule has 1 aromatic carbocycles. The van der Waals surface area contributed by atoms with Crippen LogP contribution in [0.4, 0.5) is 5.69 Å². The first-order chi connectivity index (χ1) is 13.5. The standard InChI is InChI=1S/C22H27N3O3.Ni/c1-4-11-18(25-22(5-2,6-3)21(27)28)16-12-7-8-13-17(16)24-20(26)19-14-9-10-15-23-19;/h7-10,12-15H,4-6,11H2,1-3H3,(H2,24,25,26,27,28);/p-1. The molecular formula is C22H26N3NiO3-. The Balaban J connectivity index is 0.00000420. The molecule has 2 rings (SSSR count). The van der Waals surface area contributed by atoms with Gasteiger partial charge in [0.1, 0.15) is 5.91 Å². The number of pyridine rings is 1. The second kappa shape index (κ2) is 11.5. The van der Waals surface area contributed by atoms with Gasteiger partial charge in [-0.25, -0.2) is 4.79 Å². The van der Waals surface area contributed by atoms with Gasteiger partial charge in [0.25, 0.3) is 0 Å². The summed E-state index contributed by atoms with van der Waals surface area (Å²) in [5.74, 6) is -1.38. The predicted octanol–water partition coefficient (Wildman–Crippen LogP) is 5.16. The molecule has 1 N–H and O–H groups in total. The van der Waals surface area contributed by atoms with Crippen LogP contribution in [0.5, 0.6) is 0 Å². The molecule has 0 aliphatic heterocycles. The van der Waals surface area contributed by atoms with E-state index in [2.05, 4.69) is 15.3 Å². The van der Waals surface area contributed by atoms with Crippen LogP contribution in [0.25, 0.3) is 5.32 Å². The van der Waals surface area contributed by atoms with Crippen LogP contribution in [0.2, 0.25) is 0 Å². The topological polar surface area (TPSA) is 93.7 Å². The molecule has 0 bridgehead atoms. The van der Waals surface area contributed by atoms with Crippen LogP contribution in [-0.2, 0) is 21.3 Å². The van der Waals surface area contributed by atoms with E-state index in [0.717, 1.165) is 6.42 Å². The average molecular weight is 439 g/mol.